The number of rotatable bonds is 6. The van der Waals surface area contributed by atoms with Gasteiger partial charge < -0.3 is 16.4 Å². The number of hydrogen-bond donors (Lipinski definition) is 2. The number of nitrogen functional groups attached to an aromatic ring is 1. The molecule has 0 saturated heterocycles. The number of halogens is 1. The number of carbonyl (C=O) groups is 1. The highest BCUT2D eigenvalue weighted by Crippen LogP contribution is 2.28. The fourth-order valence-corrected chi connectivity index (χ4v) is 2.25. The molecule has 1 aromatic carbocycles. The number of amides is 1. The maximum atomic E-state index is 11.1. The number of nitrogens with two attached hydrogens (primary N) is 2. The van der Waals surface area contributed by atoms with Crippen molar-refractivity contribution in [3.8, 4) is 0 Å². The van der Waals surface area contributed by atoms with Gasteiger partial charge in [0.2, 0.25) is 5.91 Å². The minimum Gasteiger partial charge on any atom is -0.399 e. The first kappa shape index (κ1) is 13.8. The molecule has 1 amide bonds. The lowest BCUT2D eigenvalue weighted by Crippen LogP contribution is -2.34. The van der Waals surface area contributed by atoms with Crippen LogP contribution in [0.2, 0.25) is 0 Å². The Morgan fingerprint density at radius 2 is 2.18 bits per heavy atom. The van der Waals surface area contributed by atoms with E-state index in [2.05, 4.69) is 22.9 Å². The van der Waals surface area contributed by atoms with Crippen LogP contribution in [0, 0.1) is 0 Å². The first-order valence-electron chi connectivity index (χ1n) is 5.63. The number of carbonyl (C=O) groups excluding carboxylic acids is 1. The molecule has 0 aliphatic heterocycles. The van der Waals surface area contributed by atoms with Crippen LogP contribution in [-0.4, -0.2) is 19.0 Å². The maximum absolute atomic E-state index is 11.1. The molecule has 17 heavy (non-hydrogen) atoms. The van der Waals surface area contributed by atoms with Crippen molar-refractivity contribution in [2.45, 2.75) is 19.8 Å². The molecule has 4 N–H and O–H groups in total. The molecule has 94 valence electrons. The lowest BCUT2D eigenvalue weighted by Gasteiger charge is -2.24. The molecule has 5 heteroatoms. The van der Waals surface area contributed by atoms with E-state index in [1.165, 1.54) is 0 Å². The topological polar surface area (TPSA) is 72.3 Å². The Balaban J connectivity index is 2.90. The highest BCUT2D eigenvalue weighted by Gasteiger charge is 2.12. The van der Waals surface area contributed by atoms with Crippen molar-refractivity contribution in [2.24, 2.45) is 5.73 Å². The Labute approximate surface area is 110 Å². The predicted octanol–water partition coefficient (Wildman–Crippen LogP) is 2.12. The molecule has 1 rings (SSSR count). The lowest BCUT2D eigenvalue weighted by molar-refractivity contribution is -0.116. The predicted molar refractivity (Wildman–Crippen MR) is 74.9 cm³/mol. The number of benzene rings is 1. The van der Waals surface area contributed by atoms with Crippen LogP contribution in [0.5, 0.6) is 0 Å². The van der Waals surface area contributed by atoms with E-state index >= 15 is 0 Å². The van der Waals surface area contributed by atoms with E-state index < -0.39 is 0 Å². The van der Waals surface area contributed by atoms with Crippen LogP contribution in [0.1, 0.15) is 19.8 Å². The summed E-state index contributed by atoms with van der Waals surface area (Å²) < 4.78 is 0.884. The van der Waals surface area contributed by atoms with Crippen molar-refractivity contribution >= 4 is 33.2 Å². The second-order valence-corrected chi connectivity index (χ2v) is 4.81. The summed E-state index contributed by atoms with van der Waals surface area (Å²) >= 11 is 3.46. The normalized spacial score (nSPS) is 10.2. The van der Waals surface area contributed by atoms with Gasteiger partial charge in [-0.1, -0.05) is 13.3 Å². The number of unbranched alkanes of at least 4 members (excludes halogenated alkanes) is 1. The zero-order chi connectivity index (χ0) is 12.8. The molecule has 4 nitrogen and oxygen atoms in total. The van der Waals surface area contributed by atoms with Crippen LogP contribution in [0.4, 0.5) is 11.4 Å². The largest absolute Gasteiger partial charge is 0.399 e. The van der Waals surface area contributed by atoms with Gasteiger partial charge in [-0.15, -0.1) is 0 Å². The summed E-state index contributed by atoms with van der Waals surface area (Å²) in [5.41, 5.74) is 12.6. The summed E-state index contributed by atoms with van der Waals surface area (Å²) in [5.74, 6) is -0.329. The maximum Gasteiger partial charge on any atom is 0.236 e. The van der Waals surface area contributed by atoms with Crippen molar-refractivity contribution in [1.29, 1.82) is 0 Å². The molecule has 0 saturated carbocycles. The standard InChI is InChI=1S/C12H18BrN3O/c1-2-3-6-16(8-12(15)17)11-5-4-9(14)7-10(11)13/h4-5,7H,2-3,6,8,14H2,1H3,(H2,15,17). The summed E-state index contributed by atoms with van der Waals surface area (Å²) in [6.07, 6.45) is 2.09. The molecule has 1 aromatic rings. The van der Waals surface area contributed by atoms with Gasteiger partial charge in [0.25, 0.3) is 0 Å². The number of primary amides is 1. The van der Waals surface area contributed by atoms with E-state index in [0.29, 0.717) is 5.69 Å². The molecule has 0 radical (unpaired) electrons. The Morgan fingerprint density at radius 3 is 2.71 bits per heavy atom. The van der Waals surface area contributed by atoms with Crippen molar-refractivity contribution in [3.05, 3.63) is 22.7 Å². The van der Waals surface area contributed by atoms with Crippen LogP contribution < -0.4 is 16.4 Å². The highest BCUT2D eigenvalue weighted by atomic mass is 79.9. The third-order valence-corrected chi connectivity index (χ3v) is 3.08. The second-order valence-electron chi connectivity index (χ2n) is 3.95. The zero-order valence-corrected chi connectivity index (χ0v) is 11.5. The Morgan fingerprint density at radius 1 is 1.47 bits per heavy atom. The fraction of sp³-hybridized carbons (Fsp3) is 0.417. The monoisotopic (exact) mass is 299 g/mol. The smallest absolute Gasteiger partial charge is 0.236 e. The second kappa shape index (κ2) is 6.49. The van der Waals surface area contributed by atoms with Gasteiger partial charge in [0.15, 0.2) is 0 Å². The molecule has 0 fully saturated rings. The molecular formula is C12H18BrN3O. The van der Waals surface area contributed by atoms with E-state index in [4.69, 9.17) is 11.5 Å². The molecular weight excluding hydrogens is 282 g/mol. The molecule has 0 unspecified atom stereocenters. The fourth-order valence-electron chi connectivity index (χ4n) is 1.60. The van der Waals surface area contributed by atoms with Gasteiger partial charge in [-0.05, 0) is 40.5 Å². The minimum absolute atomic E-state index is 0.225. The average molecular weight is 300 g/mol. The zero-order valence-electron chi connectivity index (χ0n) is 9.95. The molecule has 0 heterocycles. The molecule has 0 aromatic heterocycles. The van der Waals surface area contributed by atoms with Gasteiger partial charge in [0.05, 0.1) is 12.2 Å². The van der Waals surface area contributed by atoms with Gasteiger partial charge >= 0.3 is 0 Å². The number of hydrogen-bond acceptors (Lipinski definition) is 3. The first-order chi connectivity index (χ1) is 8.04. The van der Waals surface area contributed by atoms with Crippen LogP contribution >= 0.6 is 15.9 Å². The van der Waals surface area contributed by atoms with Gasteiger partial charge in [-0.2, -0.15) is 0 Å². The summed E-state index contributed by atoms with van der Waals surface area (Å²) in [5, 5.41) is 0. The van der Waals surface area contributed by atoms with Gasteiger partial charge in [0.1, 0.15) is 0 Å². The summed E-state index contributed by atoms with van der Waals surface area (Å²) in [4.78, 5) is 13.0. The van der Waals surface area contributed by atoms with Gasteiger partial charge in [-0.25, -0.2) is 0 Å². The van der Waals surface area contributed by atoms with Crippen molar-refractivity contribution in [2.75, 3.05) is 23.7 Å². The molecule has 0 bridgehead atoms. The van der Waals surface area contributed by atoms with E-state index in [-0.39, 0.29) is 12.5 Å². The van der Waals surface area contributed by atoms with Crippen molar-refractivity contribution < 1.29 is 4.79 Å². The third-order valence-electron chi connectivity index (χ3n) is 2.44. The summed E-state index contributed by atoms with van der Waals surface area (Å²) in [7, 11) is 0. The molecule has 0 aliphatic carbocycles. The van der Waals surface area contributed by atoms with Crippen molar-refractivity contribution in [3.63, 3.8) is 0 Å². The van der Waals surface area contributed by atoms with E-state index in [1.54, 1.807) is 0 Å². The molecule has 0 aliphatic rings. The van der Waals surface area contributed by atoms with Crippen LogP contribution in [0.15, 0.2) is 22.7 Å². The summed E-state index contributed by atoms with van der Waals surface area (Å²) in [6, 6.07) is 5.55. The van der Waals surface area contributed by atoms with E-state index in [0.717, 1.165) is 29.5 Å². The lowest BCUT2D eigenvalue weighted by atomic mass is 10.2. The minimum atomic E-state index is -0.329. The van der Waals surface area contributed by atoms with Crippen LogP contribution in [-0.2, 0) is 4.79 Å². The summed E-state index contributed by atoms with van der Waals surface area (Å²) in [6.45, 7) is 3.14. The van der Waals surface area contributed by atoms with Crippen molar-refractivity contribution in [1.82, 2.24) is 0 Å². The van der Waals surface area contributed by atoms with Crippen LogP contribution in [0.3, 0.4) is 0 Å². The van der Waals surface area contributed by atoms with Gasteiger partial charge in [-0.3, -0.25) is 4.79 Å². The highest BCUT2D eigenvalue weighted by molar-refractivity contribution is 9.10. The van der Waals surface area contributed by atoms with E-state index in [1.807, 2.05) is 23.1 Å². The first-order valence-corrected chi connectivity index (χ1v) is 6.42. The molecule has 0 spiro atoms. The van der Waals surface area contributed by atoms with Gasteiger partial charge in [0, 0.05) is 16.7 Å². The Kier molecular flexibility index (Phi) is 5.28. The Bertz CT molecular complexity index is 395. The Hall–Kier alpha value is -1.23. The average Bonchev–Trinajstić information content (AvgIpc) is 2.24. The van der Waals surface area contributed by atoms with E-state index in [9.17, 15) is 4.79 Å². The number of nitrogens with zero attached hydrogens (tertiary/aromatic N) is 1. The molecule has 0 atom stereocenters. The quantitative estimate of drug-likeness (QED) is 0.790. The van der Waals surface area contributed by atoms with Crippen LogP contribution in [0.25, 0.3) is 0 Å². The number of anilines is 2. The third kappa shape index (κ3) is 4.26. The SMILES string of the molecule is CCCCN(CC(N)=O)c1ccc(N)cc1Br.